The van der Waals surface area contributed by atoms with E-state index >= 15 is 0 Å². The van der Waals surface area contributed by atoms with Crippen LogP contribution in [0.2, 0.25) is 0 Å². The van der Waals surface area contributed by atoms with E-state index in [-0.39, 0.29) is 0 Å². The average molecular weight is 252 g/mol. The zero-order chi connectivity index (χ0) is 9.97. The maximum absolute atomic E-state index is 4.27. The van der Waals surface area contributed by atoms with E-state index in [1.165, 1.54) is 0 Å². The van der Waals surface area contributed by atoms with Gasteiger partial charge in [0.2, 0.25) is 0 Å². The minimum absolute atomic E-state index is 0.918. The van der Waals surface area contributed by atoms with Crippen molar-refractivity contribution < 1.29 is 0 Å². The molecule has 3 nitrogen and oxygen atoms in total. The van der Waals surface area contributed by atoms with Crippen LogP contribution in [-0.2, 0) is 6.42 Å². The van der Waals surface area contributed by atoms with Crippen LogP contribution in [0.1, 0.15) is 12.7 Å². The molecule has 0 aliphatic carbocycles. The van der Waals surface area contributed by atoms with Gasteiger partial charge in [-0.3, -0.25) is 4.98 Å². The minimum atomic E-state index is 0.918. The van der Waals surface area contributed by atoms with Crippen LogP contribution in [0.25, 0.3) is 5.69 Å². The Labute approximate surface area is 90.9 Å². The van der Waals surface area contributed by atoms with Gasteiger partial charge in [0.05, 0.1) is 10.2 Å². The number of hydrogen-bond acceptors (Lipinski definition) is 2. The summed E-state index contributed by atoms with van der Waals surface area (Å²) in [4.78, 5) is 8.30. The van der Waals surface area contributed by atoms with Gasteiger partial charge in [-0.25, -0.2) is 4.98 Å². The number of imidazole rings is 1. The molecule has 0 bridgehead atoms. The molecule has 0 aliphatic rings. The predicted octanol–water partition coefficient (Wildman–Crippen LogP) is 2.59. The van der Waals surface area contributed by atoms with E-state index in [1.807, 2.05) is 18.5 Å². The molecule has 0 atom stereocenters. The maximum Gasteiger partial charge on any atom is 0.112 e. The van der Waals surface area contributed by atoms with E-state index in [2.05, 4.69) is 37.4 Å². The van der Waals surface area contributed by atoms with E-state index in [9.17, 15) is 0 Å². The number of aryl methyl sites for hydroxylation is 1. The van der Waals surface area contributed by atoms with Crippen LogP contribution in [0.3, 0.4) is 0 Å². The Bertz CT molecular complexity index is 436. The SMILES string of the molecule is CCc1nccn1-c1ccncc1Br. The van der Waals surface area contributed by atoms with Crippen LogP contribution in [0, 0.1) is 0 Å². The number of hydrogen-bond donors (Lipinski definition) is 0. The summed E-state index contributed by atoms with van der Waals surface area (Å²) >= 11 is 3.47. The topological polar surface area (TPSA) is 30.7 Å². The smallest absolute Gasteiger partial charge is 0.112 e. The third-order valence-electron chi connectivity index (χ3n) is 2.04. The van der Waals surface area contributed by atoms with Gasteiger partial charge in [0.25, 0.3) is 0 Å². The largest absolute Gasteiger partial charge is 0.303 e. The van der Waals surface area contributed by atoms with Crippen molar-refractivity contribution in [1.29, 1.82) is 0 Å². The molecule has 0 saturated carbocycles. The fourth-order valence-corrected chi connectivity index (χ4v) is 1.82. The second-order valence-corrected chi connectivity index (χ2v) is 3.75. The van der Waals surface area contributed by atoms with Crippen molar-refractivity contribution in [2.45, 2.75) is 13.3 Å². The maximum atomic E-state index is 4.27. The Kier molecular flexibility index (Phi) is 2.63. The van der Waals surface area contributed by atoms with Gasteiger partial charge in [-0.2, -0.15) is 0 Å². The lowest BCUT2D eigenvalue weighted by Crippen LogP contribution is -1.99. The zero-order valence-electron chi connectivity index (χ0n) is 7.81. The fraction of sp³-hybridized carbons (Fsp3) is 0.200. The van der Waals surface area contributed by atoms with Gasteiger partial charge >= 0.3 is 0 Å². The van der Waals surface area contributed by atoms with Gasteiger partial charge in [0, 0.05) is 31.2 Å². The van der Waals surface area contributed by atoms with Crippen molar-refractivity contribution in [2.75, 3.05) is 0 Å². The molecule has 0 aliphatic heterocycles. The Morgan fingerprint density at radius 1 is 1.43 bits per heavy atom. The molecular formula is C10H10BrN3. The fourth-order valence-electron chi connectivity index (χ4n) is 1.38. The normalized spacial score (nSPS) is 10.4. The molecular weight excluding hydrogens is 242 g/mol. The van der Waals surface area contributed by atoms with Crippen molar-refractivity contribution in [3.63, 3.8) is 0 Å². The molecule has 2 heterocycles. The summed E-state index contributed by atoms with van der Waals surface area (Å²) < 4.78 is 3.04. The molecule has 2 aromatic rings. The first kappa shape index (κ1) is 9.40. The highest BCUT2D eigenvalue weighted by molar-refractivity contribution is 9.10. The monoisotopic (exact) mass is 251 g/mol. The summed E-state index contributed by atoms with van der Waals surface area (Å²) in [5, 5.41) is 0. The molecule has 0 N–H and O–H groups in total. The summed E-state index contributed by atoms with van der Waals surface area (Å²) in [6.45, 7) is 2.09. The number of nitrogens with zero attached hydrogens (tertiary/aromatic N) is 3. The van der Waals surface area contributed by atoms with Crippen LogP contribution in [-0.4, -0.2) is 14.5 Å². The van der Waals surface area contributed by atoms with Crippen LogP contribution in [0.5, 0.6) is 0 Å². The Morgan fingerprint density at radius 2 is 2.29 bits per heavy atom. The number of halogens is 1. The second-order valence-electron chi connectivity index (χ2n) is 2.89. The summed E-state index contributed by atoms with van der Waals surface area (Å²) in [6.07, 6.45) is 8.25. The molecule has 2 rings (SSSR count). The molecule has 0 aromatic carbocycles. The summed E-state index contributed by atoms with van der Waals surface area (Å²) in [6, 6.07) is 1.96. The highest BCUT2D eigenvalue weighted by atomic mass is 79.9. The lowest BCUT2D eigenvalue weighted by Gasteiger charge is -2.07. The average Bonchev–Trinajstić information content (AvgIpc) is 2.66. The van der Waals surface area contributed by atoms with Crippen LogP contribution in [0.4, 0.5) is 0 Å². The molecule has 0 radical (unpaired) electrons. The quantitative estimate of drug-likeness (QED) is 0.822. The second kappa shape index (κ2) is 3.92. The van der Waals surface area contributed by atoms with Crippen molar-refractivity contribution in [3.05, 3.63) is 41.2 Å². The van der Waals surface area contributed by atoms with Gasteiger partial charge in [-0.05, 0) is 22.0 Å². The minimum Gasteiger partial charge on any atom is -0.303 e. The van der Waals surface area contributed by atoms with Gasteiger partial charge in [-0.15, -0.1) is 0 Å². The predicted molar refractivity (Wildman–Crippen MR) is 58.4 cm³/mol. The third-order valence-corrected chi connectivity index (χ3v) is 2.66. The molecule has 0 fully saturated rings. The number of aromatic nitrogens is 3. The Hall–Kier alpha value is -1.16. The lowest BCUT2D eigenvalue weighted by molar-refractivity contribution is 0.886. The lowest BCUT2D eigenvalue weighted by atomic mass is 10.3. The number of pyridine rings is 1. The van der Waals surface area contributed by atoms with Crippen molar-refractivity contribution in [2.24, 2.45) is 0 Å². The zero-order valence-corrected chi connectivity index (χ0v) is 9.40. The van der Waals surface area contributed by atoms with E-state index < -0.39 is 0 Å². The van der Waals surface area contributed by atoms with Crippen LogP contribution >= 0.6 is 15.9 Å². The molecule has 0 saturated heterocycles. The first-order chi connectivity index (χ1) is 6.83. The first-order valence-electron chi connectivity index (χ1n) is 4.45. The van der Waals surface area contributed by atoms with E-state index in [0.29, 0.717) is 0 Å². The Morgan fingerprint density at radius 3 is 3.00 bits per heavy atom. The summed E-state index contributed by atoms with van der Waals surface area (Å²) in [5.74, 6) is 1.05. The van der Waals surface area contributed by atoms with Gasteiger partial charge in [-0.1, -0.05) is 6.92 Å². The first-order valence-corrected chi connectivity index (χ1v) is 5.24. The molecule has 0 spiro atoms. The van der Waals surface area contributed by atoms with Crippen LogP contribution in [0.15, 0.2) is 35.3 Å². The molecule has 14 heavy (non-hydrogen) atoms. The van der Waals surface area contributed by atoms with Gasteiger partial charge in [0.1, 0.15) is 5.82 Å². The molecule has 2 aromatic heterocycles. The van der Waals surface area contributed by atoms with Crippen LogP contribution < -0.4 is 0 Å². The molecule has 72 valence electrons. The standard InChI is InChI=1S/C10H10BrN3/c1-2-10-13-5-6-14(10)9-3-4-12-7-8(9)11/h3-7H,2H2,1H3. The summed E-state index contributed by atoms with van der Waals surface area (Å²) in [5.41, 5.74) is 1.08. The highest BCUT2D eigenvalue weighted by Gasteiger charge is 2.05. The third kappa shape index (κ3) is 1.57. The molecule has 0 amide bonds. The summed E-state index contributed by atoms with van der Waals surface area (Å²) in [7, 11) is 0. The van der Waals surface area contributed by atoms with Crippen molar-refractivity contribution >= 4 is 15.9 Å². The van der Waals surface area contributed by atoms with Crippen molar-refractivity contribution in [1.82, 2.24) is 14.5 Å². The van der Waals surface area contributed by atoms with Crippen molar-refractivity contribution in [3.8, 4) is 5.69 Å². The van der Waals surface area contributed by atoms with E-state index in [0.717, 1.165) is 22.4 Å². The number of rotatable bonds is 2. The Balaban J connectivity index is 2.54. The van der Waals surface area contributed by atoms with Gasteiger partial charge < -0.3 is 4.57 Å². The van der Waals surface area contributed by atoms with Gasteiger partial charge in [0.15, 0.2) is 0 Å². The van der Waals surface area contributed by atoms with E-state index in [1.54, 1.807) is 12.4 Å². The molecule has 4 heteroatoms. The van der Waals surface area contributed by atoms with E-state index in [4.69, 9.17) is 0 Å². The highest BCUT2D eigenvalue weighted by Crippen LogP contribution is 2.20. The molecule has 0 unspecified atom stereocenters.